The second kappa shape index (κ2) is 8.76. The fourth-order valence-corrected chi connectivity index (χ4v) is 5.70. The van der Waals surface area contributed by atoms with E-state index in [0.29, 0.717) is 24.0 Å². The molecular formula is C25H32N8O2. The number of amides is 1. The molecule has 2 N–H and O–H groups in total. The van der Waals surface area contributed by atoms with E-state index in [2.05, 4.69) is 48.1 Å². The first-order valence-electron chi connectivity index (χ1n) is 12.4. The summed E-state index contributed by atoms with van der Waals surface area (Å²) in [5.41, 5.74) is 2.38. The van der Waals surface area contributed by atoms with Crippen molar-refractivity contribution in [3.63, 3.8) is 0 Å². The Kier molecular flexibility index (Phi) is 5.57. The van der Waals surface area contributed by atoms with Gasteiger partial charge >= 0.3 is 0 Å². The van der Waals surface area contributed by atoms with Crippen LogP contribution in [0.15, 0.2) is 30.6 Å². The molecule has 10 heteroatoms. The number of rotatable bonds is 4. The predicted molar refractivity (Wildman–Crippen MR) is 134 cm³/mol. The van der Waals surface area contributed by atoms with Gasteiger partial charge in [-0.05, 0) is 50.9 Å². The molecule has 2 aliphatic heterocycles. The predicted octanol–water partition coefficient (Wildman–Crippen LogP) is 2.35. The lowest BCUT2D eigenvalue weighted by atomic mass is 9.79. The van der Waals surface area contributed by atoms with Gasteiger partial charge in [-0.3, -0.25) is 4.79 Å². The van der Waals surface area contributed by atoms with Gasteiger partial charge in [-0.15, -0.1) is 0 Å². The molecule has 5 heterocycles. The number of carbonyl (C=O) groups excluding carboxylic acids is 1. The van der Waals surface area contributed by atoms with E-state index in [1.165, 1.54) is 0 Å². The summed E-state index contributed by atoms with van der Waals surface area (Å²) in [6.45, 7) is 4.73. The summed E-state index contributed by atoms with van der Waals surface area (Å²) in [6, 6.07) is 5.96. The van der Waals surface area contributed by atoms with E-state index in [-0.39, 0.29) is 17.6 Å². The van der Waals surface area contributed by atoms with Crippen molar-refractivity contribution in [1.29, 1.82) is 0 Å². The molecule has 1 amide bonds. The number of nitrogens with one attached hydrogen (secondary N) is 2. The number of anilines is 3. The third-order valence-corrected chi connectivity index (χ3v) is 7.88. The highest BCUT2D eigenvalue weighted by atomic mass is 16.5. The average Bonchev–Trinajstić information content (AvgIpc) is 3.29. The first kappa shape index (κ1) is 22.2. The smallest absolute Gasteiger partial charge is 0.268 e. The van der Waals surface area contributed by atoms with E-state index in [1.54, 1.807) is 13.3 Å². The number of hydrogen-bond acceptors (Lipinski definition) is 8. The molecule has 1 saturated carbocycles. The van der Waals surface area contributed by atoms with Gasteiger partial charge in [-0.2, -0.15) is 4.98 Å². The van der Waals surface area contributed by atoms with E-state index in [0.717, 1.165) is 68.6 Å². The average molecular weight is 477 g/mol. The zero-order chi connectivity index (χ0) is 24.0. The fourth-order valence-electron chi connectivity index (χ4n) is 5.70. The molecule has 10 nitrogen and oxygen atoms in total. The first-order chi connectivity index (χ1) is 17.0. The van der Waals surface area contributed by atoms with Crippen molar-refractivity contribution in [2.45, 2.75) is 37.3 Å². The number of pyridine rings is 1. The number of nitrogens with zero attached hydrogens (tertiary/aromatic N) is 6. The van der Waals surface area contributed by atoms with Crippen LogP contribution in [0.5, 0.6) is 0 Å². The third kappa shape index (κ3) is 4.00. The number of methoxy groups -OCH3 is 1. The summed E-state index contributed by atoms with van der Waals surface area (Å²) >= 11 is 0. The topological polar surface area (TPSA) is 100 Å². The van der Waals surface area contributed by atoms with Crippen LogP contribution in [0.4, 0.5) is 17.5 Å². The number of ether oxygens (including phenoxy) is 1. The van der Waals surface area contributed by atoms with E-state index in [4.69, 9.17) is 9.72 Å². The Morgan fingerprint density at radius 1 is 1.11 bits per heavy atom. The second-order valence-corrected chi connectivity index (χ2v) is 10.00. The minimum absolute atomic E-state index is 0.0573. The van der Waals surface area contributed by atoms with Crippen molar-refractivity contribution in [3.8, 4) is 0 Å². The van der Waals surface area contributed by atoms with Crippen LogP contribution in [0.2, 0.25) is 0 Å². The van der Waals surface area contributed by atoms with Crippen molar-refractivity contribution in [1.82, 2.24) is 29.7 Å². The largest absolute Gasteiger partial charge is 0.381 e. The number of likely N-dealkylation sites (N-methyl/N-ethyl adjacent to an activating group) is 1. The van der Waals surface area contributed by atoms with Gasteiger partial charge in [0.1, 0.15) is 17.2 Å². The summed E-state index contributed by atoms with van der Waals surface area (Å²) in [5, 5.41) is 7.22. The Morgan fingerprint density at radius 2 is 1.91 bits per heavy atom. The molecule has 0 atom stereocenters. The maximum atomic E-state index is 12.7. The van der Waals surface area contributed by atoms with Gasteiger partial charge in [0.15, 0.2) is 0 Å². The molecule has 0 radical (unpaired) electrons. The van der Waals surface area contributed by atoms with Gasteiger partial charge in [0.2, 0.25) is 5.95 Å². The van der Waals surface area contributed by atoms with Crippen LogP contribution in [0.25, 0.3) is 11.0 Å². The molecule has 3 aromatic heterocycles. The van der Waals surface area contributed by atoms with E-state index < -0.39 is 0 Å². The second-order valence-electron chi connectivity index (χ2n) is 10.00. The highest BCUT2D eigenvalue weighted by Crippen LogP contribution is 2.41. The van der Waals surface area contributed by atoms with Crippen LogP contribution in [0.3, 0.4) is 0 Å². The summed E-state index contributed by atoms with van der Waals surface area (Å²) < 4.78 is 7.75. The quantitative estimate of drug-likeness (QED) is 0.592. The van der Waals surface area contributed by atoms with Gasteiger partial charge in [0, 0.05) is 51.4 Å². The maximum absolute atomic E-state index is 12.7. The molecule has 1 spiro atoms. The van der Waals surface area contributed by atoms with Gasteiger partial charge in [0.05, 0.1) is 23.5 Å². The summed E-state index contributed by atoms with van der Waals surface area (Å²) in [7, 11) is 3.93. The highest BCUT2D eigenvalue weighted by molar-refractivity contribution is 5.99. The van der Waals surface area contributed by atoms with Gasteiger partial charge in [0.25, 0.3) is 5.91 Å². The van der Waals surface area contributed by atoms with E-state index in [9.17, 15) is 4.79 Å². The molecule has 1 aliphatic carbocycles. The number of fused-ring (bicyclic) bond motifs is 4. The summed E-state index contributed by atoms with van der Waals surface area (Å²) in [6.07, 6.45) is 7.76. The zero-order valence-electron chi connectivity index (χ0n) is 20.3. The molecule has 0 unspecified atom stereocenters. The monoisotopic (exact) mass is 476 g/mol. The molecule has 3 aromatic rings. The van der Waals surface area contributed by atoms with Crippen LogP contribution < -0.4 is 15.5 Å². The van der Waals surface area contributed by atoms with Crippen LogP contribution in [0, 0.1) is 0 Å². The maximum Gasteiger partial charge on any atom is 0.268 e. The third-order valence-electron chi connectivity index (χ3n) is 7.88. The van der Waals surface area contributed by atoms with Crippen LogP contribution in [-0.4, -0.2) is 83.3 Å². The molecule has 184 valence electrons. The Bertz CT molecular complexity index is 1220. The molecule has 3 aliphatic rings. The lowest BCUT2D eigenvalue weighted by Crippen LogP contribution is -2.53. The van der Waals surface area contributed by atoms with Crippen LogP contribution in [0.1, 0.15) is 36.2 Å². The Hall–Kier alpha value is -3.24. The van der Waals surface area contributed by atoms with Crippen molar-refractivity contribution in [2.75, 3.05) is 57.1 Å². The van der Waals surface area contributed by atoms with E-state index >= 15 is 0 Å². The lowest BCUT2D eigenvalue weighted by molar-refractivity contribution is 0.0269. The number of piperazine rings is 1. The molecule has 35 heavy (non-hydrogen) atoms. The Balaban J connectivity index is 1.27. The van der Waals surface area contributed by atoms with Gasteiger partial charge in [-0.25, -0.2) is 9.97 Å². The Morgan fingerprint density at radius 3 is 2.63 bits per heavy atom. The highest BCUT2D eigenvalue weighted by Gasteiger charge is 2.43. The van der Waals surface area contributed by atoms with Gasteiger partial charge in [-0.1, -0.05) is 0 Å². The summed E-state index contributed by atoms with van der Waals surface area (Å²) in [5.74, 6) is 1.11. The normalized spacial score (nSPS) is 25.0. The minimum Gasteiger partial charge on any atom is -0.381 e. The van der Waals surface area contributed by atoms with Gasteiger partial charge < -0.3 is 29.7 Å². The summed E-state index contributed by atoms with van der Waals surface area (Å²) in [4.78, 5) is 31.4. The molecule has 0 bridgehead atoms. The van der Waals surface area contributed by atoms with Crippen molar-refractivity contribution < 1.29 is 9.53 Å². The molecular weight excluding hydrogens is 444 g/mol. The molecule has 2 fully saturated rings. The standard InChI is InChI=1S/C25H32N8O2/c1-31-9-11-32(12-10-31)18-3-4-21(26-15-18)29-24-27-14-17-13-20-23(34)28-16-25(33(20)22(17)30-24)7-5-19(35-2)6-8-25/h3-4,13-15,19H,5-12,16H2,1-2H3,(H,28,34)(H,26,27,29,30)/t19-,25+. The molecule has 0 aromatic carbocycles. The van der Waals surface area contributed by atoms with Crippen LogP contribution in [-0.2, 0) is 10.3 Å². The van der Waals surface area contributed by atoms with Crippen molar-refractivity contribution in [3.05, 3.63) is 36.3 Å². The Labute approximate surface area is 204 Å². The SMILES string of the molecule is CO[C@H]1CC[C@@]2(CC1)CNC(=O)c1cc3cnc(Nc4ccc(N5CCN(C)CC5)cn4)nc3n12. The molecule has 6 rings (SSSR count). The zero-order valence-corrected chi connectivity index (χ0v) is 20.3. The first-order valence-corrected chi connectivity index (χ1v) is 12.4. The lowest BCUT2D eigenvalue weighted by Gasteiger charge is -2.44. The number of carbonyl (C=O) groups is 1. The number of aromatic nitrogens is 4. The number of hydrogen-bond donors (Lipinski definition) is 2. The van der Waals surface area contributed by atoms with Crippen LogP contribution >= 0.6 is 0 Å². The van der Waals surface area contributed by atoms with Crippen molar-refractivity contribution >= 4 is 34.4 Å². The fraction of sp³-hybridized carbons (Fsp3) is 0.520. The van der Waals surface area contributed by atoms with Crippen molar-refractivity contribution in [2.24, 2.45) is 0 Å². The molecule has 1 saturated heterocycles. The van der Waals surface area contributed by atoms with E-state index in [1.807, 2.05) is 18.3 Å². The minimum atomic E-state index is -0.186.